The van der Waals surface area contributed by atoms with E-state index < -0.39 is 0 Å². The smallest absolute Gasteiger partial charge is 0.139 e. The molecule has 0 bridgehead atoms. The van der Waals surface area contributed by atoms with E-state index in [1.54, 1.807) is 0 Å². The first-order chi connectivity index (χ1) is 8.11. The molecule has 0 aromatic heterocycles. The largest absolute Gasteiger partial charge is 0.299 e. The normalized spacial score (nSPS) is 42.6. The van der Waals surface area contributed by atoms with Gasteiger partial charge >= 0.3 is 0 Å². The Labute approximate surface area is 106 Å². The van der Waals surface area contributed by atoms with Gasteiger partial charge in [0.05, 0.1) is 0 Å². The summed E-state index contributed by atoms with van der Waals surface area (Å²) in [5.74, 6) is 3.86. The van der Waals surface area contributed by atoms with Gasteiger partial charge in [-0.1, -0.05) is 27.2 Å². The monoisotopic (exact) mass is 236 g/mol. The first-order valence-electron chi connectivity index (χ1n) is 7.65. The second kappa shape index (κ2) is 5.54. The van der Waals surface area contributed by atoms with Crippen LogP contribution in [0.25, 0.3) is 0 Å². The van der Waals surface area contributed by atoms with Crippen molar-refractivity contribution in [3.63, 3.8) is 0 Å². The van der Waals surface area contributed by atoms with E-state index in [0.29, 0.717) is 17.6 Å². The fourth-order valence-electron chi connectivity index (χ4n) is 3.84. The van der Waals surface area contributed by atoms with Gasteiger partial charge in [-0.3, -0.25) is 4.79 Å². The Morgan fingerprint density at radius 2 is 1.59 bits per heavy atom. The number of ketones is 1. The van der Waals surface area contributed by atoms with Crippen LogP contribution in [-0.4, -0.2) is 5.78 Å². The minimum absolute atomic E-state index is 0.404. The van der Waals surface area contributed by atoms with Gasteiger partial charge in [0.1, 0.15) is 5.78 Å². The molecule has 0 radical (unpaired) electrons. The van der Waals surface area contributed by atoms with Crippen LogP contribution in [0.5, 0.6) is 0 Å². The van der Waals surface area contributed by atoms with E-state index in [2.05, 4.69) is 20.8 Å². The lowest BCUT2D eigenvalue weighted by molar-refractivity contribution is -0.128. The van der Waals surface area contributed by atoms with Crippen molar-refractivity contribution < 1.29 is 4.79 Å². The van der Waals surface area contributed by atoms with Crippen molar-refractivity contribution >= 4 is 5.78 Å². The van der Waals surface area contributed by atoms with Gasteiger partial charge in [-0.2, -0.15) is 0 Å². The van der Waals surface area contributed by atoms with Gasteiger partial charge < -0.3 is 0 Å². The van der Waals surface area contributed by atoms with Crippen molar-refractivity contribution in [2.75, 3.05) is 0 Å². The van der Waals surface area contributed by atoms with Crippen LogP contribution in [0.3, 0.4) is 0 Å². The highest BCUT2D eigenvalue weighted by Crippen LogP contribution is 2.40. The van der Waals surface area contributed by atoms with Gasteiger partial charge in [-0.05, 0) is 56.3 Å². The van der Waals surface area contributed by atoms with Crippen molar-refractivity contribution in [3.05, 3.63) is 0 Å². The summed E-state index contributed by atoms with van der Waals surface area (Å²) >= 11 is 0. The fraction of sp³-hybridized carbons (Fsp3) is 0.938. The maximum Gasteiger partial charge on any atom is 0.139 e. The molecule has 0 aliphatic heterocycles. The Kier molecular flexibility index (Phi) is 4.27. The number of Topliss-reactive ketones (excluding diaryl/α,β-unsaturated/α-hetero) is 1. The second-order valence-electron chi connectivity index (χ2n) is 6.65. The number of carbonyl (C=O) groups is 1. The lowest BCUT2D eigenvalue weighted by Gasteiger charge is -2.32. The number of hydrogen-bond acceptors (Lipinski definition) is 1. The molecule has 0 amide bonds. The summed E-state index contributed by atoms with van der Waals surface area (Å²) in [7, 11) is 0. The third kappa shape index (κ3) is 2.92. The van der Waals surface area contributed by atoms with E-state index in [1.165, 1.54) is 32.1 Å². The van der Waals surface area contributed by atoms with Crippen molar-refractivity contribution in [2.45, 2.75) is 65.7 Å². The molecule has 0 heterocycles. The molecule has 2 aliphatic carbocycles. The van der Waals surface area contributed by atoms with E-state index >= 15 is 0 Å². The zero-order chi connectivity index (χ0) is 12.4. The van der Waals surface area contributed by atoms with E-state index in [4.69, 9.17) is 0 Å². The number of rotatable bonds is 3. The van der Waals surface area contributed by atoms with Gasteiger partial charge in [0.15, 0.2) is 0 Å². The van der Waals surface area contributed by atoms with Gasteiger partial charge in [-0.15, -0.1) is 0 Å². The zero-order valence-corrected chi connectivity index (χ0v) is 11.7. The molecule has 2 saturated carbocycles. The molecule has 5 unspecified atom stereocenters. The summed E-state index contributed by atoms with van der Waals surface area (Å²) < 4.78 is 0. The second-order valence-corrected chi connectivity index (χ2v) is 6.65. The highest BCUT2D eigenvalue weighted by atomic mass is 16.1. The number of hydrogen-bond donors (Lipinski definition) is 0. The molecule has 0 aromatic carbocycles. The Morgan fingerprint density at radius 3 is 2.18 bits per heavy atom. The molecule has 2 rings (SSSR count). The zero-order valence-electron chi connectivity index (χ0n) is 11.7. The third-order valence-corrected chi connectivity index (χ3v) is 5.52. The Morgan fingerprint density at radius 1 is 0.941 bits per heavy atom. The molecule has 0 spiro atoms. The van der Waals surface area contributed by atoms with Crippen LogP contribution >= 0.6 is 0 Å². The van der Waals surface area contributed by atoms with Crippen molar-refractivity contribution in [1.29, 1.82) is 0 Å². The fourth-order valence-corrected chi connectivity index (χ4v) is 3.84. The summed E-state index contributed by atoms with van der Waals surface area (Å²) in [4.78, 5) is 12.5. The standard InChI is InChI=1S/C16H28O/c1-4-13-6-8-15(10-13)16(17)14-7-5-11(2)12(3)9-14/h11-15H,4-10H2,1-3H3. The topological polar surface area (TPSA) is 17.1 Å². The molecular weight excluding hydrogens is 208 g/mol. The molecule has 2 fully saturated rings. The van der Waals surface area contributed by atoms with E-state index in [9.17, 15) is 4.79 Å². The average molecular weight is 236 g/mol. The van der Waals surface area contributed by atoms with E-state index in [0.717, 1.165) is 30.6 Å². The van der Waals surface area contributed by atoms with Crippen LogP contribution in [-0.2, 0) is 4.79 Å². The van der Waals surface area contributed by atoms with Gasteiger partial charge in [0.2, 0.25) is 0 Å². The molecule has 1 nitrogen and oxygen atoms in total. The molecule has 0 aromatic rings. The summed E-state index contributed by atoms with van der Waals surface area (Å²) in [5, 5.41) is 0. The molecule has 0 N–H and O–H groups in total. The lowest BCUT2D eigenvalue weighted by atomic mass is 9.72. The van der Waals surface area contributed by atoms with Crippen molar-refractivity contribution in [1.82, 2.24) is 0 Å². The van der Waals surface area contributed by atoms with Gasteiger partial charge in [0.25, 0.3) is 0 Å². The van der Waals surface area contributed by atoms with Crippen LogP contribution < -0.4 is 0 Å². The third-order valence-electron chi connectivity index (χ3n) is 5.52. The molecular formula is C16H28O. The van der Waals surface area contributed by atoms with Crippen LogP contribution in [0.15, 0.2) is 0 Å². The minimum atomic E-state index is 0.404. The molecule has 2 aliphatic rings. The number of carbonyl (C=O) groups excluding carboxylic acids is 1. The Hall–Kier alpha value is -0.330. The van der Waals surface area contributed by atoms with Crippen LogP contribution in [0.2, 0.25) is 0 Å². The summed E-state index contributed by atoms with van der Waals surface area (Å²) in [6.45, 7) is 6.93. The predicted octanol–water partition coefficient (Wildman–Crippen LogP) is 4.45. The van der Waals surface area contributed by atoms with E-state index in [1.807, 2.05) is 0 Å². The highest BCUT2D eigenvalue weighted by Gasteiger charge is 2.36. The molecule has 17 heavy (non-hydrogen) atoms. The summed E-state index contributed by atoms with van der Waals surface area (Å²) in [5.41, 5.74) is 0. The van der Waals surface area contributed by atoms with E-state index in [-0.39, 0.29) is 0 Å². The minimum Gasteiger partial charge on any atom is -0.299 e. The van der Waals surface area contributed by atoms with Crippen molar-refractivity contribution in [2.24, 2.45) is 29.6 Å². The first kappa shape index (κ1) is 13.1. The predicted molar refractivity (Wildman–Crippen MR) is 71.8 cm³/mol. The van der Waals surface area contributed by atoms with Gasteiger partial charge in [-0.25, -0.2) is 0 Å². The molecule has 5 atom stereocenters. The maximum absolute atomic E-state index is 12.5. The summed E-state index contributed by atoms with van der Waals surface area (Å²) in [6, 6.07) is 0. The average Bonchev–Trinajstić information content (AvgIpc) is 2.80. The highest BCUT2D eigenvalue weighted by molar-refractivity contribution is 5.83. The molecule has 0 saturated heterocycles. The molecule has 1 heteroatoms. The first-order valence-corrected chi connectivity index (χ1v) is 7.65. The maximum atomic E-state index is 12.5. The SMILES string of the molecule is CCC1CCC(C(=O)C2CCC(C)C(C)C2)C1. The Bertz CT molecular complexity index is 271. The van der Waals surface area contributed by atoms with Crippen LogP contribution in [0, 0.1) is 29.6 Å². The Balaban J connectivity index is 1.88. The molecule has 98 valence electrons. The quantitative estimate of drug-likeness (QED) is 0.707. The van der Waals surface area contributed by atoms with Crippen molar-refractivity contribution in [3.8, 4) is 0 Å². The lowest BCUT2D eigenvalue weighted by Crippen LogP contribution is -2.29. The summed E-state index contributed by atoms with van der Waals surface area (Å²) in [6.07, 6.45) is 8.52. The van der Waals surface area contributed by atoms with Crippen LogP contribution in [0.1, 0.15) is 65.7 Å². The van der Waals surface area contributed by atoms with Gasteiger partial charge in [0, 0.05) is 11.8 Å². The van der Waals surface area contributed by atoms with Crippen LogP contribution in [0.4, 0.5) is 0 Å².